The van der Waals surface area contributed by atoms with E-state index in [2.05, 4.69) is 4.90 Å². The van der Waals surface area contributed by atoms with Crippen LogP contribution in [0.5, 0.6) is 0 Å². The van der Waals surface area contributed by atoms with Crippen LogP contribution < -0.4 is 5.56 Å². The molecule has 9 heteroatoms. The SMILES string of the molecule is Cc1cc(C)c(S(=O)(=O)N2CCN(C(C)c3nc4cc(Cl)ccc4c(=O)n3C)CC2)c(C)c1. The number of sulfonamides is 1. The van der Waals surface area contributed by atoms with Crippen molar-refractivity contribution in [3.05, 3.63) is 68.2 Å². The van der Waals surface area contributed by atoms with Crippen molar-refractivity contribution in [1.82, 2.24) is 18.8 Å². The van der Waals surface area contributed by atoms with Gasteiger partial charge in [0, 0.05) is 38.2 Å². The van der Waals surface area contributed by atoms with Gasteiger partial charge >= 0.3 is 0 Å². The molecule has 2 heterocycles. The molecule has 7 nitrogen and oxygen atoms in total. The Morgan fingerprint density at radius 1 is 1.00 bits per heavy atom. The minimum atomic E-state index is -3.58. The normalized spacial score (nSPS) is 16.9. The first-order valence-electron chi connectivity index (χ1n) is 11.0. The van der Waals surface area contributed by atoms with Crippen molar-refractivity contribution in [3.8, 4) is 0 Å². The number of nitrogens with zero attached hydrogens (tertiary/aromatic N) is 4. The molecule has 0 saturated carbocycles. The number of benzene rings is 2. The first-order valence-corrected chi connectivity index (χ1v) is 12.8. The van der Waals surface area contributed by atoms with Crippen LogP contribution in [0.15, 0.2) is 40.0 Å². The molecule has 1 aliphatic heterocycles. The molecule has 33 heavy (non-hydrogen) atoms. The maximum Gasteiger partial charge on any atom is 0.261 e. The summed E-state index contributed by atoms with van der Waals surface area (Å²) in [5.74, 6) is 0.635. The lowest BCUT2D eigenvalue weighted by atomic mass is 10.1. The number of aryl methyl sites for hydroxylation is 3. The van der Waals surface area contributed by atoms with Crippen LogP contribution in [0.1, 0.15) is 35.5 Å². The van der Waals surface area contributed by atoms with Crippen molar-refractivity contribution >= 4 is 32.5 Å². The highest BCUT2D eigenvalue weighted by molar-refractivity contribution is 7.89. The van der Waals surface area contributed by atoms with Gasteiger partial charge in [0.25, 0.3) is 5.56 Å². The average Bonchev–Trinajstić information content (AvgIpc) is 2.74. The van der Waals surface area contributed by atoms with Crippen molar-refractivity contribution in [2.24, 2.45) is 7.05 Å². The van der Waals surface area contributed by atoms with Crippen LogP contribution in [-0.4, -0.2) is 53.4 Å². The van der Waals surface area contributed by atoms with Gasteiger partial charge in [0.1, 0.15) is 5.82 Å². The molecule has 1 atom stereocenters. The molecule has 0 radical (unpaired) electrons. The molecule has 1 aliphatic rings. The average molecular weight is 489 g/mol. The fourth-order valence-corrected chi connectivity index (χ4v) is 6.83. The van der Waals surface area contributed by atoms with Gasteiger partial charge < -0.3 is 0 Å². The Bertz CT molecular complexity index is 1370. The van der Waals surface area contributed by atoms with Gasteiger partial charge in [-0.3, -0.25) is 14.3 Å². The molecule has 0 spiro atoms. The van der Waals surface area contributed by atoms with E-state index >= 15 is 0 Å². The third-order valence-corrected chi connectivity index (χ3v) is 8.91. The van der Waals surface area contributed by atoms with Crippen LogP contribution in [0.2, 0.25) is 5.02 Å². The number of rotatable bonds is 4. The van der Waals surface area contributed by atoms with Crippen molar-refractivity contribution in [2.75, 3.05) is 26.2 Å². The van der Waals surface area contributed by atoms with Crippen LogP contribution in [0.4, 0.5) is 0 Å². The molecule has 2 aromatic carbocycles. The first kappa shape index (κ1) is 23.9. The summed E-state index contributed by atoms with van der Waals surface area (Å²) in [4.78, 5) is 20.1. The summed E-state index contributed by atoms with van der Waals surface area (Å²) >= 11 is 6.11. The molecular formula is C24H29ClN4O3S. The minimum Gasteiger partial charge on any atom is -0.298 e. The lowest BCUT2D eigenvalue weighted by Gasteiger charge is -2.37. The summed E-state index contributed by atoms with van der Waals surface area (Å²) in [5, 5.41) is 1.06. The quantitative estimate of drug-likeness (QED) is 0.561. The fourth-order valence-electron chi connectivity index (χ4n) is 4.83. The second-order valence-corrected chi connectivity index (χ2v) is 11.2. The van der Waals surface area contributed by atoms with Crippen molar-refractivity contribution in [2.45, 2.75) is 38.6 Å². The summed E-state index contributed by atoms with van der Waals surface area (Å²) in [6, 6.07) is 8.75. The van der Waals surface area contributed by atoms with Gasteiger partial charge in [-0.1, -0.05) is 29.3 Å². The van der Waals surface area contributed by atoms with Crippen molar-refractivity contribution < 1.29 is 8.42 Å². The Hall–Kier alpha value is -2.26. The molecule has 176 valence electrons. The fraction of sp³-hybridized carbons (Fsp3) is 0.417. The maximum atomic E-state index is 13.4. The van der Waals surface area contributed by atoms with Gasteiger partial charge in [-0.2, -0.15) is 4.31 Å². The summed E-state index contributed by atoms with van der Waals surface area (Å²) in [5.41, 5.74) is 3.05. The van der Waals surface area contributed by atoms with E-state index in [1.807, 2.05) is 39.8 Å². The van der Waals surface area contributed by atoms with Gasteiger partial charge in [-0.05, 0) is 57.0 Å². The van der Waals surface area contributed by atoms with E-state index in [4.69, 9.17) is 16.6 Å². The monoisotopic (exact) mass is 488 g/mol. The predicted octanol–water partition coefficient (Wildman–Crippen LogP) is 3.58. The summed E-state index contributed by atoms with van der Waals surface area (Å²) in [7, 11) is -1.86. The Balaban J connectivity index is 1.57. The van der Waals surface area contributed by atoms with E-state index in [1.54, 1.807) is 34.1 Å². The van der Waals surface area contributed by atoms with Gasteiger partial charge in [0.2, 0.25) is 10.0 Å². The van der Waals surface area contributed by atoms with Crippen LogP contribution >= 0.6 is 11.6 Å². The number of aromatic nitrogens is 2. The molecule has 3 aromatic rings. The van der Waals surface area contributed by atoms with E-state index in [0.29, 0.717) is 52.8 Å². The minimum absolute atomic E-state index is 0.120. The van der Waals surface area contributed by atoms with Crippen LogP contribution in [0.3, 0.4) is 0 Å². The Kier molecular flexibility index (Phi) is 6.39. The van der Waals surface area contributed by atoms with E-state index in [0.717, 1.165) is 16.7 Å². The molecular weight excluding hydrogens is 460 g/mol. The molecule has 0 aliphatic carbocycles. The standard InChI is InChI=1S/C24H29ClN4O3S/c1-15-12-16(2)22(17(3)13-15)33(31,32)29-10-8-28(9-11-29)18(4)23-26-21-14-19(25)6-7-20(21)24(30)27(23)5/h6-7,12-14,18H,8-11H2,1-5H3. The van der Waals surface area contributed by atoms with Crippen LogP contribution in [-0.2, 0) is 17.1 Å². The largest absolute Gasteiger partial charge is 0.298 e. The third-order valence-electron chi connectivity index (χ3n) is 6.47. The molecule has 1 saturated heterocycles. The maximum absolute atomic E-state index is 13.4. The number of hydrogen-bond acceptors (Lipinski definition) is 5. The Morgan fingerprint density at radius 2 is 1.61 bits per heavy atom. The molecule has 0 bridgehead atoms. The van der Waals surface area contributed by atoms with E-state index in [1.165, 1.54) is 0 Å². The highest BCUT2D eigenvalue weighted by Crippen LogP contribution is 2.28. The molecule has 4 rings (SSSR count). The van der Waals surface area contributed by atoms with Crippen LogP contribution in [0, 0.1) is 20.8 Å². The van der Waals surface area contributed by atoms with E-state index in [-0.39, 0.29) is 11.6 Å². The number of hydrogen-bond donors (Lipinski definition) is 0. The van der Waals surface area contributed by atoms with Crippen molar-refractivity contribution in [3.63, 3.8) is 0 Å². The van der Waals surface area contributed by atoms with E-state index < -0.39 is 10.0 Å². The predicted molar refractivity (Wildman–Crippen MR) is 131 cm³/mol. The first-order chi connectivity index (χ1) is 15.5. The van der Waals surface area contributed by atoms with Gasteiger partial charge in [-0.25, -0.2) is 13.4 Å². The zero-order valence-corrected chi connectivity index (χ0v) is 21.2. The highest BCUT2D eigenvalue weighted by atomic mass is 35.5. The number of halogens is 1. The molecule has 1 fully saturated rings. The van der Waals surface area contributed by atoms with Crippen LogP contribution in [0.25, 0.3) is 10.9 Å². The molecule has 1 aromatic heterocycles. The number of piperazine rings is 1. The molecule has 0 amide bonds. The molecule has 0 N–H and O–H groups in total. The van der Waals surface area contributed by atoms with Gasteiger partial charge in [0.15, 0.2) is 0 Å². The highest BCUT2D eigenvalue weighted by Gasteiger charge is 2.33. The van der Waals surface area contributed by atoms with Crippen molar-refractivity contribution in [1.29, 1.82) is 0 Å². The van der Waals surface area contributed by atoms with Gasteiger partial charge in [0.05, 0.1) is 21.8 Å². The summed E-state index contributed by atoms with van der Waals surface area (Å²) < 4.78 is 29.9. The summed E-state index contributed by atoms with van der Waals surface area (Å²) in [6.45, 7) is 9.53. The second kappa shape index (κ2) is 8.83. The Morgan fingerprint density at radius 3 is 2.21 bits per heavy atom. The Labute approximate surface area is 199 Å². The zero-order valence-electron chi connectivity index (χ0n) is 19.6. The smallest absolute Gasteiger partial charge is 0.261 e. The topological polar surface area (TPSA) is 75.5 Å². The van der Waals surface area contributed by atoms with Gasteiger partial charge in [-0.15, -0.1) is 0 Å². The van der Waals surface area contributed by atoms with E-state index in [9.17, 15) is 13.2 Å². The third kappa shape index (κ3) is 4.33. The zero-order chi connectivity index (χ0) is 24.1. The lowest BCUT2D eigenvalue weighted by Crippen LogP contribution is -2.50. The second-order valence-electron chi connectivity index (χ2n) is 8.84. The molecule has 1 unspecified atom stereocenters. The lowest BCUT2D eigenvalue weighted by molar-refractivity contribution is 0.139. The summed E-state index contributed by atoms with van der Waals surface area (Å²) in [6.07, 6.45) is 0. The number of fused-ring (bicyclic) bond motifs is 1.